The molecule has 0 aliphatic carbocycles. The Morgan fingerprint density at radius 2 is 1.58 bits per heavy atom. The molecular formula is C24H23F2N3O3S. The van der Waals surface area contributed by atoms with Crippen molar-refractivity contribution < 1.29 is 22.0 Å². The fraction of sp³-hybridized carbons (Fsp3) is 0.208. The van der Waals surface area contributed by atoms with Crippen LogP contribution in [-0.4, -0.2) is 45.4 Å². The van der Waals surface area contributed by atoms with Gasteiger partial charge in [0.25, 0.3) is 15.9 Å². The van der Waals surface area contributed by atoms with E-state index in [1.165, 1.54) is 42.5 Å². The van der Waals surface area contributed by atoms with Crippen molar-refractivity contribution in [1.82, 2.24) is 4.90 Å². The van der Waals surface area contributed by atoms with Gasteiger partial charge >= 0.3 is 0 Å². The lowest BCUT2D eigenvalue weighted by molar-refractivity contribution is 0.0746. The predicted octanol–water partition coefficient (Wildman–Crippen LogP) is 4.04. The zero-order valence-corrected chi connectivity index (χ0v) is 18.8. The third kappa shape index (κ3) is 4.98. The minimum Gasteiger partial charge on any atom is -0.368 e. The van der Waals surface area contributed by atoms with Gasteiger partial charge in [-0.1, -0.05) is 18.2 Å². The van der Waals surface area contributed by atoms with E-state index < -0.39 is 15.8 Å². The molecule has 1 amide bonds. The Bertz CT molecular complexity index is 1270. The van der Waals surface area contributed by atoms with Crippen molar-refractivity contribution in [3.8, 4) is 0 Å². The van der Waals surface area contributed by atoms with E-state index in [4.69, 9.17) is 0 Å². The molecule has 1 heterocycles. The standard InChI is InChI=1S/C24H23F2N3O3S/c1-17-6-11-20(33(31,32)27-23-5-3-2-4-22(23)26)16-21(17)24(30)29-14-12-28(13-15-29)19-9-7-18(25)8-10-19/h2-11,16,27H,12-15H2,1H3. The summed E-state index contributed by atoms with van der Waals surface area (Å²) in [4.78, 5) is 16.8. The lowest BCUT2D eigenvalue weighted by Crippen LogP contribution is -2.49. The van der Waals surface area contributed by atoms with Crippen LogP contribution in [0.1, 0.15) is 15.9 Å². The number of sulfonamides is 1. The number of nitrogens with zero attached hydrogens (tertiary/aromatic N) is 2. The first kappa shape index (κ1) is 22.7. The molecule has 0 atom stereocenters. The van der Waals surface area contributed by atoms with Crippen LogP contribution in [0.4, 0.5) is 20.2 Å². The zero-order valence-electron chi connectivity index (χ0n) is 18.0. The summed E-state index contributed by atoms with van der Waals surface area (Å²) in [6.45, 7) is 3.77. The van der Waals surface area contributed by atoms with Crippen molar-refractivity contribution >= 4 is 27.3 Å². The summed E-state index contributed by atoms with van der Waals surface area (Å²) in [7, 11) is -4.09. The summed E-state index contributed by atoms with van der Waals surface area (Å²) in [5.41, 5.74) is 1.64. The van der Waals surface area contributed by atoms with Gasteiger partial charge in [0.1, 0.15) is 11.6 Å². The summed E-state index contributed by atoms with van der Waals surface area (Å²) in [5.74, 6) is -1.26. The van der Waals surface area contributed by atoms with Crippen LogP contribution in [0.5, 0.6) is 0 Å². The Kier molecular flexibility index (Phi) is 6.33. The molecule has 3 aromatic carbocycles. The third-order valence-corrected chi connectivity index (χ3v) is 6.99. The van der Waals surface area contributed by atoms with E-state index in [1.54, 1.807) is 30.0 Å². The molecule has 1 fully saturated rings. The molecule has 0 saturated carbocycles. The molecule has 6 nitrogen and oxygen atoms in total. The highest BCUT2D eigenvalue weighted by Gasteiger charge is 2.25. The van der Waals surface area contributed by atoms with E-state index in [2.05, 4.69) is 9.62 Å². The van der Waals surface area contributed by atoms with Crippen LogP contribution in [0.2, 0.25) is 0 Å². The van der Waals surface area contributed by atoms with Crippen LogP contribution in [0, 0.1) is 18.6 Å². The Balaban J connectivity index is 1.50. The molecule has 0 spiro atoms. The second-order valence-corrected chi connectivity index (χ2v) is 9.50. The van der Waals surface area contributed by atoms with Crippen molar-refractivity contribution in [2.24, 2.45) is 0 Å². The molecule has 1 N–H and O–H groups in total. The summed E-state index contributed by atoms with van der Waals surface area (Å²) in [6, 6.07) is 16.0. The molecule has 0 bridgehead atoms. The number of carbonyl (C=O) groups excluding carboxylic acids is 1. The number of piperazine rings is 1. The molecular weight excluding hydrogens is 448 g/mol. The first-order valence-electron chi connectivity index (χ1n) is 10.4. The van der Waals surface area contributed by atoms with Crippen LogP contribution >= 0.6 is 0 Å². The lowest BCUT2D eigenvalue weighted by atomic mass is 10.1. The molecule has 33 heavy (non-hydrogen) atoms. The van der Waals surface area contributed by atoms with Crippen LogP contribution in [-0.2, 0) is 10.0 Å². The summed E-state index contributed by atoms with van der Waals surface area (Å²) in [5, 5.41) is 0. The smallest absolute Gasteiger partial charge is 0.262 e. The monoisotopic (exact) mass is 471 g/mol. The Morgan fingerprint density at radius 3 is 2.24 bits per heavy atom. The fourth-order valence-electron chi connectivity index (χ4n) is 3.74. The zero-order chi connectivity index (χ0) is 23.6. The van der Waals surface area contributed by atoms with Gasteiger partial charge in [-0.05, 0) is 61.0 Å². The van der Waals surface area contributed by atoms with E-state index in [0.717, 1.165) is 11.8 Å². The van der Waals surface area contributed by atoms with E-state index in [-0.39, 0.29) is 27.9 Å². The van der Waals surface area contributed by atoms with Crippen molar-refractivity contribution in [2.75, 3.05) is 35.8 Å². The molecule has 0 aromatic heterocycles. The van der Waals surface area contributed by atoms with E-state index in [0.29, 0.717) is 31.7 Å². The van der Waals surface area contributed by atoms with Crippen LogP contribution in [0.15, 0.2) is 71.6 Å². The molecule has 1 saturated heterocycles. The summed E-state index contributed by atoms with van der Waals surface area (Å²) in [6.07, 6.45) is 0. The van der Waals surface area contributed by atoms with Crippen molar-refractivity contribution in [3.63, 3.8) is 0 Å². The van der Waals surface area contributed by atoms with Gasteiger partial charge in [-0.2, -0.15) is 0 Å². The minimum absolute atomic E-state index is 0.121. The van der Waals surface area contributed by atoms with Crippen molar-refractivity contribution in [3.05, 3.63) is 89.5 Å². The topological polar surface area (TPSA) is 69.7 Å². The second kappa shape index (κ2) is 9.19. The van der Waals surface area contributed by atoms with E-state index in [9.17, 15) is 22.0 Å². The Morgan fingerprint density at radius 1 is 0.909 bits per heavy atom. The third-order valence-electron chi connectivity index (χ3n) is 5.63. The average molecular weight is 472 g/mol. The van der Waals surface area contributed by atoms with Crippen molar-refractivity contribution in [2.45, 2.75) is 11.8 Å². The minimum atomic E-state index is -4.09. The normalized spacial score (nSPS) is 14.3. The average Bonchev–Trinajstić information content (AvgIpc) is 2.81. The first-order chi connectivity index (χ1) is 15.7. The number of nitrogens with one attached hydrogen (secondary N) is 1. The summed E-state index contributed by atoms with van der Waals surface area (Å²) < 4.78 is 54.9. The largest absolute Gasteiger partial charge is 0.368 e. The fourth-order valence-corrected chi connectivity index (χ4v) is 4.83. The number of anilines is 2. The van der Waals surface area contributed by atoms with Gasteiger partial charge in [0.2, 0.25) is 0 Å². The first-order valence-corrected chi connectivity index (χ1v) is 11.9. The summed E-state index contributed by atoms with van der Waals surface area (Å²) >= 11 is 0. The van der Waals surface area contributed by atoms with Crippen molar-refractivity contribution in [1.29, 1.82) is 0 Å². The molecule has 3 aromatic rings. The lowest BCUT2D eigenvalue weighted by Gasteiger charge is -2.36. The number of hydrogen-bond donors (Lipinski definition) is 1. The molecule has 1 aliphatic rings. The molecule has 0 radical (unpaired) electrons. The highest BCUT2D eigenvalue weighted by atomic mass is 32.2. The molecule has 9 heteroatoms. The van der Waals surface area contributed by atoms with Gasteiger partial charge in [-0.15, -0.1) is 0 Å². The maximum Gasteiger partial charge on any atom is 0.262 e. The molecule has 1 aliphatic heterocycles. The number of amides is 1. The van der Waals surface area contributed by atoms with Gasteiger partial charge < -0.3 is 9.80 Å². The number of halogens is 2. The van der Waals surface area contributed by atoms with Gasteiger partial charge in [0.05, 0.1) is 10.6 Å². The van der Waals surface area contributed by atoms with Crippen LogP contribution < -0.4 is 9.62 Å². The Hall–Kier alpha value is -3.46. The maximum atomic E-state index is 13.9. The van der Waals surface area contributed by atoms with Gasteiger partial charge in [-0.25, -0.2) is 17.2 Å². The molecule has 4 rings (SSSR count). The maximum absolute atomic E-state index is 13.9. The number of hydrogen-bond acceptors (Lipinski definition) is 4. The molecule has 0 unspecified atom stereocenters. The SMILES string of the molecule is Cc1ccc(S(=O)(=O)Nc2ccccc2F)cc1C(=O)N1CCN(c2ccc(F)cc2)CC1. The highest BCUT2D eigenvalue weighted by Crippen LogP contribution is 2.23. The predicted molar refractivity (Wildman–Crippen MR) is 123 cm³/mol. The number of carbonyl (C=O) groups is 1. The van der Waals surface area contributed by atoms with Gasteiger partial charge in [0.15, 0.2) is 0 Å². The number of para-hydroxylation sites is 1. The highest BCUT2D eigenvalue weighted by molar-refractivity contribution is 7.92. The number of rotatable bonds is 5. The van der Waals surface area contributed by atoms with Gasteiger partial charge in [0, 0.05) is 37.4 Å². The quantitative estimate of drug-likeness (QED) is 0.610. The van der Waals surface area contributed by atoms with Gasteiger partial charge in [-0.3, -0.25) is 9.52 Å². The van der Waals surface area contributed by atoms with Crippen LogP contribution in [0.3, 0.4) is 0 Å². The van der Waals surface area contributed by atoms with E-state index >= 15 is 0 Å². The Labute approximate surface area is 191 Å². The number of aryl methyl sites for hydroxylation is 1. The number of benzene rings is 3. The second-order valence-electron chi connectivity index (χ2n) is 7.82. The molecule has 172 valence electrons. The van der Waals surface area contributed by atoms with E-state index in [1.807, 2.05) is 0 Å². The van der Waals surface area contributed by atoms with Crippen LogP contribution in [0.25, 0.3) is 0 Å².